The highest BCUT2D eigenvalue weighted by Crippen LogP contribution is 2.11. The number of hydrogen-bond donors (Lipinski definition) is 1. The van der Waals surface area contributed by atoms with Gasteiger partial charge in [-0.3, -0.25) is 4.79 Å². The second kappa shape index (κ2) is 6.61. The molecule has 0 aliphatic carbocycles. The minimum atomic E-state index is -0.372. The molecule has 0 spiro atoms. The van der Waals surface area contributed by atoms with Crippen molar-refractivity contribution >= 4 is 12.1 Å². The van der Waals surface area contributed by atoms with E-state index < -0.39 is 0 Å². The van der Waals surface area contributed by atoms with Crippen molar-refractivity contribution in [1.82, 2.24) is 5.43 Å². The molecule has 0 heterocycles. The maximum atomic E-state index is 12.7. The number of carbonyl (C=O) groups is 1. The molecule has 2 rings (SSSR count). The van der Waals surface area contributed by atoms with Crippen LogP contribution in [0.2, 0.25) is 0 Å². The average molecular weight is 270 g/mol. The Kier molecular flexibility index (Phi) is 4.60. The van der Waals surface area contributed by atoms with Gasteiger partial charge in [-0.25, -0.2) is 9.82 Å². The van der Waals surface area contributed by atoms with E-state index in [9.17, 15) is 9.18 Å². The molecule has 1 amide bonds. The molecule has 0 radical (unpaired) electrons. The Morgan fingerprint density at radius 3 is 2.45 bits per heavy atom. The Labute approximate surface area is 117 Å². The molecule has 0 saturated heterocycles. The second-order valence-electron chi connectivity index (χ2n) is 4.43. The van der Waals surface area contributed by atoms with Crippen molar-refractivity contribution in [3.63, 3.8) is 0 Å². The van der Waals surface area contributed by atoms with Crippen LogP contribution in [0.5, 0.6) is 0 Å². The smallest absolute Gasteiger partial charge is 0.267 e. The number of nitrogens with one attached hydrogen (secondary N) is 1. The summed E-state index contributed by atoms with van der Waals surface area (Å²) in [6, 6.07) is 15.2. The van der Waals surface area contributed by atoms with E-state index in [0.29, 0.717) is 5.56 Å². The Hall–Kier alpha value is -2.49. The molecular formula is C16H15FN2O. The lowest BCUT2D eigenvalue weighted by molar-refractivity contribution is 0.0955. The van der Waals surface area contributed by atoms with E-state index >= 15 is 0 Å². The van der Waals surface area contributed by atoms with Crippen molar-refractivity contribution in [3.8, 4) is 0 Å². The number of carbonyl (C=O) groups excluding carboxylic acids is 1. The molecule has 2 aromatic carbocycles. The van der Waals surface area contributed by atoms with Gasteiger partial charge in [0, 0.05) is 17.7 Å². The van der Waals surface area contributed by atoms with E-state index in [0.717, 1.165) is 5.56 Å². The quantitative estimate of drug-likeness (QED) is 0.672. The normalized spacial score (nSPS) is 12.3. The average Bonchev–Trinajstić information content (AvgIpc) is 2.48. The van der Waals surface area contributed by atoms with Gasteiger partial charge in [0.15, 0.2) is 0 Å². The number of rotatable bonds is 4. The Bertz CT molecular complexity index is 594. The minimum Gasteiger partial charge on any atom is -0.267 e. The summed E-state index contributed by atoms with van der Waals surface area (Å²) in [7, 11) is 0. The predicted molar refractivity (Wildman–Crippen MR) is 77.2 cm³/mol. The maximum Gasteiger partial charge on any atom is 0.271 e. The molecule has 0 saturated carbocycles. The molecule has 1 N–H and O–H groups in total. The van der Waals surface area contributed by atoms with Crippen LogP contribution in [0.3, 0.4) is 0 Å². The first-order valence-electron chi connectivity index (χ1n) is 6.31. The molecular weight excluding hydrogens is 255 g/mol. The third kappa shape index (κ3) is 3.75. The van der Waals surface area contributed by atoms with Crippen LogP contribution in [-0.2, 0) is 0 Å². The van der Waals surface area contributed by atoms with E-state index in [1.54, 1.807) is 6.21 Å². The van der Waals surface area contributed by atoms with Gasteiger partial charge in [-0.2, -0.15) is 5.10 Å². The van der Waals surface area contributed by atoms with Gasteiger partial charge in [0.1, 0.15) is 5.82 Å². The molecule has 20 heavy (non-hydrogen) atoms. The molecule has 0 bridgehead atoms. The second-order valence-corrected chi connectivity index (χ2v) is 4.43. The monoisotopic (exact) mass is 270 g/mol. The van der Waals surface area contributed by atoms with Crippen molar-refractivity contribution in [1.29, 1.82) is 0 Å². The lowest BCUT2D eigenvalue weighted by Crippen LogP contribution is -2.18. The van der Waals surface area contributed by atoms with Crippen molar-refractivity contribution in [2.24, 2.45) is 5.10 Å². The highest BCUT2D eigenvalue weighted by Gasteiger charge is 2.04. The number of amides is 1. The number of halogens is 1. The first kappa shape index (κ1) is 13.9. The Morgan fingerprint density at radius 2 is 1.80 bits per heavy atom. The summed E-state index contributed by atoms with van der Waals surface area (Å²) in [5, 5.41) is 3.93. The fraction of sp³-hybridized carbons (Fsp3) is 0.125. The van der Waals surface area contributed by atoms with E-state index in [-0.39, 0.29) is 17.6 Å². The predicted octanol–water partition coefficient (Wildman–Crippen LogP) is 3.35. The van der Waals surface area contributed by atoms with Crippen LogP contribution in [0.1, 0.15) is 28.8 Å². The fourth-order valence-corrected chi connectivity index (χ4v) is 1.72. The molecule has 0 aliphatic rings. The van der Waals surface area contributed by atoms with Gasteiger partial charge < -0.3 is 0 Å². The molecule has 4 heteroatoms. The fourth-order valence-electron chi connectivity index (χ4n) is 1.72. The standard InChI is InChI=1S/C16H15FN2O/c1-12(13-5-3-2-4-6-13)11-18-19-16(20)14-7-9-15(17)10-8-14/h2-12H,1H3,(H,19,20)/b18-11-/t12-/m1/s1. The minimum absolute atomic E-state index is 0.102. The summed E-state index contributed by atoms with van der Waals surface area (Å²) in [4.78, 5) is 11.7. The van der Waals surface area contributed by atoms with Crippen LogP contribution >= 0.6 is 0 Å². The summed E-state index contributed by atoms with van der Waals surface area (Å²) in [6.45, 7) is 1.99. The van der Waals surface area contributed by atoms with E-state index in [4.69, 9.17) is 0 Å². The highest BCUT2D eigenvalue weighted by molar-refractivity contribution is 5.94. The topological polar surface area (TPSA) is 41.5 Å². The largest absolute Gasteiger partial charge is 0.271 e. The van der Waals surface area contributed by atoms with Gasteiger partial charge in [-0.05, 0) is 29.8 Å². The molecule has 1 atom stereocenters. The van der Waals surface area contributed by atoms with Crippen LogP contribution in [0.4, 0.5) is 4.39 Å². The zero-order chi connectivity index (χ0) is 14.4. The lowest BCUT2D eigenvalue weighted by atomic mass is 10.0. The van der Waals surface area contributed by atoms with Crippen LogP contribution in [0, 0.1) is 5.82 Å². The van der Waals surface area contributed by atoms with Crippen molar-refractivity contribution in [2.45, 2.75) is 12.8 Å². The van der Waals surface area contributed by atoms with Gasteiger partial charge in [-0.1, -0.05) is 37.3 Å². The molecule has 102 valence electrons. The Balaban J connectivity index is 1.93. The van der Waals surface area contributed by atoms with Gasteiger partial charge in [0.05, 0.1) is 0 Å². The molecule has 0 aliphatic heterocycles. The van der Waals surface area contributed by atoms with Crippen LogP contribution < -0.4 is 5.43 Å². The van der Waals surface area contributed by atoms with Gasteiger partial charge in [0.2, 0.25) is 0 Å². The lowest BCUT2D eigenvalue weighted by Gasteiger charge is -2.05. The molecule has 0 fully saturated rings. The Morgan fingerprint density at radius 1 is 1.15 bits per heavy atom. The number of nitrogens with zero attached hydrogens (tertiary/aromatic N) is 1. The van der Waals surface area contributed by atoms with E-state index in [1.807, 2.05) is 37.3 Å². The van der Waals surface area contributed by atoms with E-state index in [1.165, 1.54) is 24.3 Å². The van der Waals surface area contributed by atoms with Gasteiger partial charge in [0.25, 0.3) is 5.91 Å². The first-order chi connectivity index (χ1) is 9.66. The summed E-state index contributed by atoms with van der Waals surface area (Å²) >= 11 is 0. The molecule has 3 nitrogen and oxygen atoms in total. The zero-order valence-electron chi connectivity index (χ0n) is 11.1. The van der Waals surface area contributed by atoms with Crippen molar-refractivity contribution < 1.29 is 9.18 Å². The maximum absolute atomic E-state index is 12.7. The van der Waals surface area contributed by atoms with Crippen molar-refractivity contribution in [3.05, 3.63) is 71.5 Å². The number of hydrazone groups is 1. The number of benzene rings is 2. The molecule has 0 aromatic heterocycles. The molecule has 0 unspecified atom stereocenters. The molecule has 2 aromatic rings. The SMILES string of the molecule is C[C@H](/C=N\NC(=O)c1ccc(F)cc1)c1ccccc1. The van der Waals surface area contributed by atoms with Crippen molar-refractivity contribution in [2.75, 3.05) is 0 Å². The summed E-state index contributed by atoms with van der Waals surface area (Å²) in [5.74, 6) is -0.631. The third-order valence-electron chi connectivity index (χ3n) is 2.90. The summed E-state index contributed by atoms with van der Waals surface area (Å²) in [5.41, 5.74) is 3.92. The van der Waals surface area contributed by atoms with Gasteiger partial charge >= 0.3 is 0 Å². The summed E-state index contributed by atoms with van der Waals surface area (Å²) < 4.78 is 12.7. The number of hydrogen-bond acceptors (Lipinski definition) is 2. The summed E-state index contributed by atoms with van der Waals surface area (Å²) in [6.07, 6.45) is 1.66. The first-order valence-corrected chi connectivity index (χ1v) is 6.31. The third-order valence-corrected chi connectivity index (χ3v) is 2.90. The van der Waals surface area contributed by atoms with Crippen LogP contribution in [-0.4, -0.2) is 12.1 Å². The van der Waals surface area contributed by atoms with Crippen LogP contribution in [0.15, 0.2) is 59.7 Å². The highest BCUT2D eigenvalue weighted by atomic mass is 19.1. The zero-order valence-corrected chi connectivity index (χ0v) is 11.1. The van der Waals surface area contributed by atoms with E-state index in [2.05, 4.69) is 10.5 Å². The van der Waals surface area contributed by atoms with Gasteiger partial charge in [-0.15, -0.1) is 0 Å². The van der Waals surface area contributed by atoms with Crippen LogP contribution in [0.25, 0.3) is 0 Å².